The summed E-state index contributed by atoms with van der Waals surface area (Å²) in [5.41, 5.74) is 10.2. The van der Waals surface area contributed by atoms with Crippen LogP contribution in [0.1, 0.15) is 18.2 Å². The molecule has 18 heavy (non-hydrogen) atoms. The highest BCUT2D eigenvalue weighted by Gasteiger charge is 2.13. The number of aromatic nitrogens is 2. The molecule has 1 aromatic carbocycles. The molecule has 0 aliphatic carbocycles. The van der Waals surface area contributed by atoms with Crippen molar-refractivity contribution in [2.45, 2.75) is 20.3 Å². The maximum atomic E-state index is 5.83. The highest BCUT2D eigenvalue weighted by Crippen LogP contribution is 2.29. The average Bonchev–Trinajstić information content (AvgIpc) is 2.62. The number of nitrogens with two attached hydrogens (primary N) is 1. The Morgan fingerprint density at radius 3 is 2.61 bits per heavy atom. The van der Waals surface area contributed by atoms with Gasteiger partial charge >= 0.3 is 0 Å². The van der Waals surface area contributed by atoms with E-state index in [1.807, 2.05) is 30.7 Å². The van der Waals surface area contributed by atoms with Gasteiger partial charge in [0.25, 0.3) is 0 Å². The number of nitrogens with zero attached hydrogens (tertiary/aromatic N) is 2. The molecule has 1 heterocycles. The third-order valence-electron chi connectivity index (χ3n) is 3.24. The van der Waals surface area contributed by atoms with Gasteiger partial charge in [-0.2, -0.15) is 0 Å². The topological polar surface area (TPSA) is 53.1 Å². The molecule has 0 aliphatic heterocycles. The molecule has 1 aromatic heterocycles. The number of hydrogen-bond donors (Lipinski definition) is 1. The highest BCUT2D eigenvalue weighted by molar-refractivity contribution is 5.66. The number of anilines is 1. The molecule has 0 amide bonds. The van der Waals surface area contributed by atoms with Crippen molar-refractivity contribution in [2.75, 3.05) is 12.8 Å². The molecule has 2 N–H and O–H groups in total. The largest absolute Gasteiger partial charge is 0.496 e. The Hall–Kier alpha value is -1.97. The van der Waals surface area contributed by atoms with Crippen LogP contribution in [0.4, 0.5) is 5.95 Å². The van der Waals surface area contributed by atoms with Crippen LogP contribution in [0.15, 0.2) is 18.2 Å². The van der Waals surface area contributed by atoms with Gasteiger partial charge in [0.05, 0.1) is 18.5 Å². The number of methoxy groups -OCH3 is 1. The molecule has 0 saturated heterocycles. The fourth-order valence-corrected chi connectivity index (χ4v) is 2.26. The first-order valence-electron chi connectivity index (χ1n) is 6.04. The maximum Gasteiger partial charge on any atom is 0.200 e. The minimum atomic E-state index is 0.538. The molecule has 0 radical (unpaired) electrons. The fraction of sp³-hybridized carbons (Fsp3) is 0.357. The Labute approximate surface area is 107 Å². The van der Waals surface area contributed by atoms with E-state index in [1.165, 1.54) is 5.56 Å². The molecule has 2 rings (SSSR count). The third-order valence-corrected chi connectivity index (χ3v) is 3.24. The zero-order chi connectivity index (χ0) is 13.3. The molecule has 2 aromatic rings. The molecular formula is C14H19N3O. The molecule has 0 aliphatic rings. The van der Waals surface area contributed by atoms with Crippen LogP contribution < -0.4 is 10.5 Å². The monoisotopic (exact) mass is 245 g/mol. The summed E-state index contributed by atoms with van der Waals surface area (Å²) in [6.45, 7) is 4.09. The van der Waals surface area contributed by atoms with Gasteiger partial charge in [0.2, 0.25) is 5.95 Å². The van der Waals surface area contributed by atoms with Crippen molar-refractivity contribution in [1.82, 2.24) is 9.55 Å². The number of ether oxygens (including phenoxy) is 1. The molecule has 0 atom stereocenters. The van der Waals surface area contributed by atoms with Crippen LogP contribution in [-0.2, 0) is 13.5 Å². The van der Waals surface area contributed by atoms with Crippen LogP contribution in [0, 0.1) is 6.92 Å². The summed E-state index contributed by atoms with van der Waals surface area (Å²) >= 11 is 0. The van der Waals surface area contributed by atoms with Crippen LogP contribution in [0.3, 0.4) is 0 Å². The van der Waals surface area contributed by atoms with Gasteiger partial charge in [-0.25, -0.2) is 4.98 Å². The number of benzene rings is 1. The Kier molecular flexibility index (Phi) is 3.28. The molecule has 4 nitrogen and oxygen atoms in total. The number of aryl methyl sites for hydroxylation is 2. The van der Waals surface area contributed by atoms with Gasteiger partial charge in [0, 0.05) is 12.6 Å². The lowest BCUT2D eigenvalue weighted by atomic mass is 10.0. The first kappa shape index (κ1) is 12.5. The van der Waals surface area contributed by atoms with E-state index in [9.17, 15) is 0 Å². The molecule has 0 bridgehead atoms. The molecule has 96 valence electrons. The van der Waals surface area contributed by atoms with E-state index in [2.05, 4.69) is 18.0 Å². The summed E-state index contributed by atoms with van der Waals surface area (Å²) in [4.78, 5) is 4.29. The van der Waals surface area contributed by atoms with Gasteiger partial charge in [-0.15, -0.1) is 0 Å². The van der Waals surface area contributed by atoms with Crippen LogP contribution in [0.2, 0.25) is 0 Å². The second-order valence-electron chi connectivity index (χ2n) is 4.34. The lowest BCUT2D eigenvalue weighted by Crippen LogP contribution is -1.99. The van der Waals surface area contributed by atoms with E-state index in [0.717, 1.165) is 29.1 Å². The minimum Gasteiger partial charge on any atom is -0.496 e. The Morgan fingerprint density at radius 1 is 1.39 bits per heavy atom. The van der Waals surface area contributed by atoms with Crippen molar-refractivity contribution < 1.29 is 4.74 Å². The molecule has 0 fully saturated rings. The van der Waals surface area contributed by atoms with E-state index in [4.69, 9.17) is 10.5 Å². The molecular weight excluding hydrogens is 226 g/mol. The predicted molar refractivity (Wildman–Crippen MR) is 73.7 cm³/mol. The second-order valence-corrected chi connectivity index (χ2v) is 4.34. The van der Waals surface area contributed by atoms with Gasteiger partial charge < -0.3 is 15.0 Å². The Morgan fingerprint density at radius 2 is 2.11 bits per heavy atom. The number of rotatable bonds is 3. The van der Waals surface area contributed by atoms with Crippen molar-refractivity contribution in [2.24, 2.45) is 7.05 Å². The van der Waals surface area contributed by atoms with Gasteiger partial charge in [-0.05, 0) is 37.1 Å². The summed E-state index contributed by atoms with van der Waals surface area (Å²) in [5.74, 6) is 1.46. The lowest BCUT2D eigenvalue weighted by molar-refractivity contribution is 0.410. The fourth-order valence-electron chi connectivity index (χ4n) is 2.26. The highest BCUT2D eigenvalue weighted by atomic mass is 16.5. The number of nitrogen functional groups attached to an aromatic ring is 1. The molecule has 0 unspecified atom stereocenters. The molecule has 0 spiro atoms. The van der Waals surface area contributed by atoms with E-state index in [0.29, 0.717) is 5.95 Å². The van der Waals surface area contributed by atoms with Crippen LogP contribution in [0.5, 0.6) is 5.75 Å². The van der Waals surface area contributed by atoms with E-state index >= 15 is 0 Å². The first-order chi connectivity index (χ1) is 8.58. The Bertz CT molecular complexity index is 573. The van der Waals surface area contributed by atoms with Gasteiger partial charge in [-0.1, -0.05) is 6.92 Å². The molecule has 4 heteroatoms. The molecule has 0 saturated carbocycles. The van der Waals surface area contributed by atoms with Crippen molar-refractivity contribution >= 4 is 5.95 Å². The van der Waals surface area contributed by atoms with Crippen molar-refractivity contribution in [3.8, 4) is 17.0 Å². The minimum absolute atomic E-state index is 0.538. The number of imidazole rings is 1. The zero-order valence-corrected chi connectivity index (χ0v) is 11.3. The van der Waals surface area contributed by atoms with Crippen LogP contribution in [-0.4, -0.2) is 16.7 Å². The summed E-state index contributed by atoms with van der Waals surface area (Å²) in [6, 6.07) is 6.18. The number of hydrogen-bond acceptors (Lipinski definition) is 3. The second kappa shape index (κ2) is 4.72. The summed E-state index contributed by atoms with van der Waals surface area (Å²) in [5, 5.41) is 0. The summed E-state index contributed by atoms with van der Waals surface area (Å²) in [7, 11) is 3.63. The quantitative estimate of drug-likeness (QED) is 0.904. The SMILES string of the molecule is CCc1cc(-c2c(C)nc(N)n2C)ccc1OC. The van der Waals surface area contributed by atoms with Crippen molar-refractivity contribution in [3.63, 3.8) is 0 Å². The summed E-state index contributed by atoms with van der Waals surface area (Å²) in [6.07, 6.45) is 0.934. The van der Waals surface area contributed by atoms with Crippen molar-refractivity contribution in [3.05, 3.63) is 29.5 Å². The van der Waals surface area contributed by atoms with E-state index in [-0.39, 0.29) is 0 Å². The zero-order valence-electron chi connectivity index (χ0n) is 11.3. The van der Waals surface area contributed by atoms with Crippen LogP contribution >= 0.6 is 0 Å². The van der Waals surface area contributed by atoms with Gasteiger partial charge in [0.15, 0.2) is 0 Å². The third kappa shape index (κ3) is 1.94. The normalized spacial score (nSPS) is 10.7. The average molecular weight is 245 g/mol. The van der Waals surface area contributed by atoms with Gasteiger partial charge in [0.1, 0.15) is 5.75 Å². The first-order valence-corrected chi connectivity index (χ1v) is 6.04. The predicted octanol–water partition coefficient (Wildman–Crippen LogP) is 2.55. The lowest BCUT2D eigenvalue weighted by Gasteiger charge is -2.10. The Balaban J connectivity index is 2.58. The maximum absolute atomic E-state index is 5.83. The van der Waals surface area contributed by atoms with Crippen molar-refractivity contribution in [1.29, 1.82) is 0 Å². The smallest absolute Gasteiger partial charge is 0.200 e. The summed E-state index contributed by atoms with van der Waals surface area (Å²) < 4.78 is 7.26. The van der Waals surface area contributed by atoms with E-state index < -0.39 is 0 Å². The van der Waals surface area contributed by atoms with E-state index in [1.54, 1.807) is 7.11 Å². The standard InChI is InChI=1S/C14H19N3O/c1-5-10-8-11(6-7-12(10)18-4)13-9(2)16-14(15)17(13)3/h6-8H,5H2,1-4H3,(H2,15,16). The van der Waals surface area contributed by atoms with Crippen LogP contribution in [0.25, 0.3) is 11.3 Å². The van der Waals surface area contributed by atoms with Gasteiger partial charge in [-0.3, -0.25) is 0 Å².